The number of nitrogens with one attached hydrogen (secondary N) is 1. The first-order valence-corrected chi connectivity index (χ1v) is 10.6. The molecule has 3 heterocycles. The smallest absolute Gasteiger partial charge is 0.409 e. The number of aromatic nitrogens is 3. The van der Waals surface area contributed by atoms with Crippen LogP contribution in [0.25, 0.3) is 27.6 Å². The number of H-pyrrole nitrogens is 1. The lowest BCUT2D eigenvalue weighted by Crippen LogP contribution is -2.50. The van der Waals surface area contributed by atoms with Crippen LogP contribution in [-0.4, -0.2) is 69.0 Å². The lowest BCUT2D eigenvalue weighted by Gasteiger charge is -2.34. The maximum atomic E-state index is 13.1. The molecule has 4 aromatic rings. The molecule has 1 aliphatic rings. The maximum absolute atomic E-state index is 13.1. The highest BCUT2D eigenvalue weighted by Crippen LogP contribution is 2.24. The predicted molar refractivity (Wildman–Crippen MR) is 120 cm³/mol. The molecule has 0 bridgehead atoms. The molecule has 5 rings (SSSR count). The first kappa shape index (κ1) is 19.5. The van der Waals surface area contributed by atoms with Crippen LogP contribution in [0.5, 0.6) is 0 Å². The average Bonchev–Trinajstić information content (AvgIpc) is 3.19. The number of hydrogen-bond donors (Lipinski definition) is 1. The highest BCUT2D eigenvalue weighted by molar-refractivity contribution is 7.71. The van der Waals surface area contributed by atoms with E-state index in [0.717, 1.165) is 27.6 Å². The zero-order valence-electron chi connectivity index (χ0n) is 17.0. The highest BCUT2D eigenvalue weighted by atomic mass is 32.1. The fraction of sp³-hybridized carbons (Fsp3) is 0.273. The van der Waals surface area contributed by atoms with Gasteiger partial charge in [-0.3, -0.25) is 9.20 Å². The van der Waals surface area contributed by atoms with Gasteiger partial charge in [-0.25, -0.2) is 9.78 Å². The van der Waals surface area contributed by atoms with Crippen molar-refractivity contribution in [3.63, 3.8) is 0 Å². The Kier molecular flexibility index (Phi) is 4.82. The van der Waals surface area contributed by atoms with Gasteiger partial charge in [0.2, 0.25) is 0 Å². The third-order valence-corrected chi connectivity index (χ3v) is 5.89. The Morgan fingerprint density at radius 2 is 1.84 bits per heavy atom. The van der Waals surface area contributed by atoms with E-state index in [1.807, 2.05) is 46.9 Å². The highest BCUT2D eigenvalue weighted by Gasteiger charge is 2.25. The molecule has 0 radical (unpaired) electrons. The van der Waals surface area contributed by atoms with Gasteiger partial charge >= 0.3 is 6.09 Å². The Bertz CT molecular complexity index is 1380. The Hall–Kier alpha value is -3.46. The summed E-state index contributed by atoms with van der Waals surface area (Å²) in [5.41, 5.74) is 3.92. The largest absolute Gasteiger partial charge is 0.450 e. The minimum atomic E-state index is -0.330. The third-order valence-electron chi connectivity index (χ3n) is 5.61. The predicted octanol–water partition coefficient (Wildman–Crippen LogP) is 3.61. The SMILES string of the molecule is CCOC(=O)N1CCN(C(=O)c2ccc3c(c2)[nH]c(=S)n2c4ccccc4nc32)CC1. The molecule has 2 aromatic carbocycles. The Labute approximate surface area is 183 Å². The lowest BCUT2D eigenvalue weighted by molar-refractivity contribution is 0.0570. The van der Waals surface area contributed by atoms with E-state index in [9.17, 15) is 9.59 Å². The van der Waals surface area contributed by atoms with E-state index in [1.54, 1.807) is 16.7 Å². The molecular formula is C22H21N5O3S. The van der Waals surface area contributed by atoms with Gasteiger partial charge in [-0.15, -0.1) is 0 Å². The number of carbonyl (C=O) groups is 2. The molecule has 31 heavy (non-hydrogen) atoms. The van der Waals surface area contributed by atoms with Gasteiger partial charge in [-0.2, -0.15) is 0 Å². The van der Waals surface area contributed by atoms with Gasteiger partial charge in [-0.05, 0) is 49.5 Å². The van der Waals surface area contributed by atoms with Gasteiger partial charge in [0.1, 0.15) is 5.65 Å². The van der Waals surface area contributed by atoms with Gasteiger partial charge < -0.3 is 19.5 Å². The van der Waals surface area contributed by atoms with Gasteiger partial charge in [0.15, 0.2) is 4.77 Å². The number of imidazole rings is 1. The summed E-state index contributed by atoms with van der Waals surface area (Å²) >= 11 is 5.58. The summed E-state index contributed by atoms with van der Waals surface area (Å²) < 4.78 is 7.49. The van der Waals surface area contributed by atoms with Crippen molar-refractivity contribution < 1.29 is 14.3 Å². The molecule has 1 saturated heterocycles. The maximum Gasteiger partial charge on any atom is 0.409 e. The minimum Gasteiger partial charge on any atom is -0.450 e. The van der Waals surface area contributed by atoms with Crippen LogP contribution in [0.2, 0.25) is 0 Å². The number of benzene rings is 2. The quantitative estimate of drug-likeness (QED) is 0.487. The number of ether oxygens (including phenoxy) is 1. The van der Waals surface area contributed by atoms with Crippen LogP contribution in [-0.2, 0) is 4.74 Å². The number of rotatable bonds is 2. The van der Waals surface area contributed by atoms with Crippen molar-refractivity contribution in [1.82, 2.24) is 24.2 Å². The monoisotopic (exact) mass is 435 g/mol. The Balaban J connectivity index is 1.46. The lowest BCUT2D eigenvalue weighted by atomic mass is 10.1. The molecule has 2 aromatic heterocycles. The van der Waals surface area contributed by atoms with Gasteiger partial charge in [0, 0.05) is 37.1 Å². The Morgan fingerprint density at radius 3 is 2.61 bits per heavy atom. The zero-order valence-corrected chi connectivity index (χ0v) is 17.8. The van der Waals surface area contributed by atoms with Crippen LogP contribution >= 0.6 is 12.2 Å². The summed E-state index contributed by atoms with van der Waals surface area (Å²) in [6, 6.07) is 13.4. The number of para-hydroxylation sites is 2. The minimum absolute atomic E-state index is 0.0712. The fourth-order valence-electron chi connectivity index (χ4n) is 4.05. The molecule has 1 N–H and O–H groups in total. The van der Waals surface area contributed by atoms with Crippen molar-refractivity contribution in [2.45, 2.75) is 6.92 Å². The van der Waals surface area contributed by atoms with Crippen LogP contribution in [0.1, 0.15) is 17.3 Å². The van der Waals surface area contributed by atoms with Crippen LogP contribution in [0.4, 0.5) is 4.79 Å². The van der Waals surface area contributed by atoms with Crippen molar-refractivity contribution in [3.8, 4) is 0 Å². The van der Waals surface area contributed by atoms with E-state index in [1.165, 1.54) is 0 Å². The number of piperazine rings is 1. The number of amides is 2. The second-order valence-electron chi connectivity index (χ2n) is 7.43. The van der Waals surface area contributed by atoms with Gasteiger partial charge in [0.25, 0.3) is 5.91 Å². The van der Waals surface area contributed by atoms with Gasteiger partial charge in [0.05, 0.1) is 23.2 Å². The van der Waals surface area contributed by atoms with Crippen LogP contribution < -0.4 is 0 Å². The summed E-state index contributed by atoms with van der Waals surface area (Å²) in [4.78, 5) is 36.3. The molecule has 0 saturated carbocycles. The summed E-state index contributed by atoms with van der Waals surface area (Å²) in [6.45, 7) is 3.98. The second kappa shape index (κ2) is 7.66. The molecule has 0 unspecified atom stereocenters. The number of hydrogen-bond acceptors (Lipinski definition) is 5. The first-order chi connectivity index (χ1) is 15.1. The standard InChI is InChI=1S/C22H21N5O3S/c1-2-30-22(29)26-11-9-25(10-12-26)20(28)14-7-8-15-17(13-14)24-21(31)27-18-6-4-3-5-16(18)23-19(15)27/h3-8,13H,2,9-12H2,1H3,(H,24,31). The van der Waals surface area contributed by atoms with Crippen molar-refractivity contribution >= 4 is 51.8 Å². The van der Waals surface area contributed by atoms with Crippen molar-refractivity contribution in [2.24, 2.45) is 0 Å². The fourth-order valence-corrected chi connectivity index (χ4v) is 4.34. The molecule has 0 aliphatic carbocycles. The first-order valence-electron chi connectivity index (χ1n) is 10.2. The molecule has 1 fully saturated rings. The number of nitrogens with zero attached hydrogens (tertiary/aromatic N) is 4. The number of aromatic amines is 1. The number of carbonyl (C=O) groups excluding carboxylic acids is 2. The van der Waals surface area contributed by atoms with E-state index in [-0.39, 0.29) is 12.0 Å². The molecule has 8 nitrogen and oxygen atoms in total. The molecule has 2 amide bonds. The van der Waals surface area contributed by atoms with E-state index in [0.29, 0.717) is 43.1 Å². The van der Waals surface area contributed by atoms with Gasteiger partial charge in [-0.1, -0.05) is 12.1 Å². The molecule has 0 spiro atoms. The normalized spacial score (nSPS) is 14.5. The molecule has 158 valence electrons. The molecular weight excluding hydrogens is 414 g/mol. The van der Waals surface area contributed by atoms with Crippen molar-refractivity contribution in [1.29, 1.82) is 0 Å². The topological polar surface area (TPSA) is 82.9 Å². The van der Waals surface area contributed by atoms with Crippen molar-refractivity contribution in [2.75, 3.05) is 32.8 Å². The summed E-state index contributed by atoms with van der Waals surface area (Å²) in [6.07, 6.45) is -0.330. The molecule has 1 aliphatic heterocycles. The Morgan fingerprint density at radius 1 is 1.10 bits per heavy atom. The van der Waals surface area contributed by atoms with Crippen LogP contribution in [0, 0.1) is 4.77 Å². The van der Waals surface area contributed by atoms with E-state index < -0.39 is 0 Å². The molecule has 9 heteroatoms. The number of fused-ring (bicyclic) bond motifs is 5. The van der Waals surface area contributed by atoms with Crippen LogP contribution in [0.3, 0.4) is 0 Å². The van der Waals surface area contributed by atoms with E-state index in [2.05, 4.69) is 4.98 Å². The molecule has 0 atom stereocenters. The van der Waals surface area contributed by atoms with Crippen LogP contribution in [0.15, 0.2) is 42.5 Å². The summed E-state index contributed by atoms with van der Waals surface area (Å²) in [7, 11) is 0. The second-order valence-corrected chi connectivity index (χ2v) is 7.81. The summed E-state index contributed by atoms with van der Waals surface area (Å²) in [5, 5.41) is 0.897. The zero-order chi connectivity index (χ0) is 21.5. The third kappa shape index (κ3) is 3.31. The van der Waals surface area contributed by atoms with E-state index in [4.69, 9.17) is 21.9 Å². The summed E-state index contributed by atoms with van der Waals surface area (Å²) in [5.74, 6) is -0.0712. The average molecular weight is 436 g/mol. The van der Waals surface area contributed by atoms with E-state index >= 15 is 0 Å². The van der Waals surface area contributed by atoms with Crippen molar-refractivity contribution in [3.05, 3.63) is 52.8 Å².